The smallest absolute Gasteiger partial charge is 0.313 e. The minimum Gasteiger partial charge on any atom is -0.313 e. The van der Waals surface area contributed by atoms with Crippen molar-refractivity contribution in [1.82, 2.24) is 10.2 Å². The van der Waals surface area contributed by atoms with Gasteiger partial charge in [0, 0.05) is 10.9 Å². The molecule has 0 aromatic carbocycles. The molecule has 3 aliphatic rings. The molecule has 96 valence electrons. The summed E-state index contributed by atoms with van der Waals surface area (Å²) in [5.41, 5.74) is 2.88. The van der Waals surface area contributed by atoms with Gasteiger partial charge in [-0.3, -0.25) is 10.1 Å². The molecule has 4 nitrogen and oxygen atoms in total. The molecule has 2 aliphatic carbocycles. The Hall–Kier alpha value is -1.49. The van der Waals surface area contributed by atoms with Crippen molar-refractivity contribution < 1.29 is 9.59 Å². The molecule has 0 radical (unpaired) electrons. The molecule has 0 aromatic heterocycles. The summed E-state index contributed by atoms with van der Waals surface area (Å²) >= 11 is 1.81. The molecule has 0 aromatic rings. The first-order valence-corrected chi connectivity index (χ1v) is 7.03. The molecule has 3 amide bonds. The van der Waals surface area contributed by atoms with Gasteiger partial charge in [-0.25, -0.2) is 4.79 Å². The Morgan fingerprint density at radius 3 is 2.11 bits per heavy atom. The molecule has 5 heteroatoms. The van der Waals surface area contributed by atoms with Crippen LogP contribution < -0.4 is 5.32 Å². The molecule has 0 saturated carbocycles. The van der Waals surface area contributed by atoms with Crippen LogP contribution in [0.2, 0.25) is 0 Å². The summed E-state index contributed by atoms with van der Waals surface area (Å²) in [7, 11) is 0. The van der Waals surface area contributed by atoms with E-state index in [9.17, 15) is 9.59 Å². The van der Waals surface area contributed by atoms with Crippen molar-refractivity contribution in [2.24, 2.45) is 0 Å². The summed E-state index contributed by atoms with van der Waals surface area (Å²) < 4.78 is 0. The van der Waals surface area contributed by atoms with E-state index in [4.69, 9.17) is 0 Å². The Labute approximate surface area is 111 Å². The van der Waals surface area contributed by atoms with Crippen molar-refractivity contribution >= 4 is 23.7 Å². The molecule has 1 N–H and O–H groups in total. The van der Waals surface area contributed by atoms with Gasteiger partial charge >= 0.3 is 6.03 Å². The number of hydrogen-bond acceptors (Lipinski definition) is 3. The topological polar surface area (TPSA) is 49.4 Å². The van der Waals surface area contributed by atoms with Gasteiger partial charge in [0.2, 0.25) is 5.91 Å². The van der Waals surface area contributed by atoms with E-state index >= 15 is 0 Å². The number of rotatable bonds is 2. The van der Waals surface area contributed by atoms with Crippen LogP contribution in [0.1, 0.15) is 13.8 Å². The molecule has 0 bridgehead atoms. The summed E-state index contributed by atoms with van der Waals surface area (Å²) in [6, 6.07) is 6.46. The molecular weight excluding hydrogens is 248 g/mol. The summed E-state index contributed by atoms with van der Waals surface area (Å²) in [5.74, 6) is -0.210. The van der Waals surface area contributed by atoms with Gasteiger partial charge in [-0.05, 0) is 49.4 Å². The van der Waals surface area contributed by atoms with E-state index in [1.807, 2.05) is 25.6 Å². The van der Waals surface area contributed by atoms with E-state index in [2.05, 4.69) is 29.8 Å². The Kier molecular flexibility index (Phi) is 3.61. The highest BCUT2D eigenvalue weighted by atomic mass is 32.2. The lowest BCUT2D eigenvalue weighted by Gasteiger charge is -2.16. The minimum atomic E-state index is -0.278. The molecule has 0 spiro atoms. The predicted octanol–water partition coefficient (Wildman–Crippen LogP) is 2.34. The Bertz CT molecular complexity index is 480. The summed E-state index contributed by atoms with van der Waals surface area (Å²) in [6.07, 6.45) is 2.11. The third-order valence-electron chi connectivity index (χ3n) is 2.84. The number of carbonyl (C=O) groups is 2. The number of amides is 3. The standard InChI is InChI=1S/C7H6S.C6H10N2O2/c1-8-7-3-5-2-6(5)4-7;1-4(2)8-3-5(9)7-6(8)10/h2-4H,1H3;4H,3H2,1-2H3,(H,7,9,10). The van der Waals surface area contributed by atoms with Crippen LogP contribution in [0.5, 0.6) is 0 Å². The van der Waals surface area contributed by atoms with Crippen LogP contribution in [-0.2, 0) is 4.79 Å². The highest BCUT2D eigenvalue weighted by Gasteiger charge is 2.28. The molecular formula is C13H16N2O2S. The monoisotopic (exact) mass is 264 g/mol. The zero-order chi connectivity index (χ0) is 13.3. The van der Waals surface area contributed by atoms with Gasteiger partial charge in [0.15, 0.2) is 0 Å². The fourth-order valence-corrected chi connectivity index (χ4v) is 2.21. The second-order valence-electron chi connectivity index (χ2n) is 4.53. The van der Waals surface area contributed by atoms with Gasteiger partial charge in [0.25, 0.3) is 0 Å². The number of imide groups is 1. The van der Waals surface area contributed by atoms with Crippen LogP contribution in [-0.4, -0.2) is 35.7 Å². The van der Waals surface area contributed by atoms with Gasteiger partial charge < -0.3 is 4.90 Å². The Morgan fingerprint density at radius 2 is 1.83 bits per heavy atom. The maximum Gasteiger partial charge on any atom is 0.324 e. The lowest BCUT2D eigenvalue weighted by atomic mass is 10.3. The van der Waals surface area contributed by atoms with E-state index < -0.39 is 0 Å². The summed E-state index contributed by atoms with van der Waals surface area (Å²) in [6.45, 7) is 3.95. The van der Waals surface area contributed by atoms with Gasteiger partial charge in [-0.2, -0.15) is 0 Å². The third-order valence-corrected chi connectivity index (χ3v) is 3.54. The molecule has 1 aliphatic heterocycles. The first-order valence-electron chi connectivity index (χ1n) is 5.81. The SMILES string of the molecule is CC(C)N1CC(=O)NC1=O.CSc1cc2cc-2c1. The minimum absolute atomic E-state index is 0.103. The maximum atomic E-state index is 10.8. The first kappa shape index (κ1) is 13.0. The first-order chi connectivity index (χ1) is 8.51. The zero-order valence-electron chi connectivity index (χ0n) is 10.7. The molecule has 1 saturated heterocycles. The lowest BCUT2D eigenvalue weighted by molar-refractivity contribution is -0.118. The number of nitrogens with one attached hydrogen (secondary N) is 1. The number of thioether (sulfide) groups is 1. The van der Waals surface area contributed by atoms with Crippen molar-refractivity contribution in [3.05, 3.63) is 18.2 Å². The van der Waals surface area contributed by atoms with Crippen LogP contribution >= 0.6 is 11.8 Å². The number of nitrogens with zero attached hydrogens (tertiary/aromatic N) is 1. The van der Waals surface area contributed by atoms with Crippen molar-refractivity contribution in [2.75, 3.05) is 12.8 Å². The Balaban J connectivity index is 0.000000136. The zero-order valence-corrected chi connectivity index (χ0v) is 11.5. The van der Waals surface area contributed by atoms with Gasteiger partial charge in [-0.1, -0.05) is 0 Å². The number of benzene rings is 1. The third kappa shape index (κ3) is 2.85. The quantitative estimate of drug-likeness (QED) is 0.669. The number of hydrogen-bond donors (Lipinski definition) is 1. The van der Waals surface area contributed by atoms with E-state index in [-0.39, 0.29) is 24.5 Å². The number of urea groups is 1. The van der Waals surface area contributed by atoms with Crippen molar-refractivity contribution in [1.29, 1.82) is 0 Å². The normalized spacial score (nSPS) is 15.4. The fourth-order valence-electron chi connectivity index (χ4n) is 1.72. The molecule has 0 unspecified atom stereocenters. The van der Waals surface area contributed by atoms with Crippen LogP contribution in [0.4, 0.5) is 4.79 Å². The second-order valence-corrected chi connectivity index (χ2v) is 5.40. The fraction of sp³-hybridized carbons (Fsp3) is 0.385. The molecule has 1 heterocycles. The maximum absolute atomic E-state index is 10.8. The average Bonchev–Trinajstić information content (AvgIpc) is 2.76. The van der Waals surface area contributed by atoms with Crippen molar-refractivity contribution in [3.63, 3.8) is 0 Å². The second kappa shape index (κ2) is 5.02. The van der Waals surface area contributed by atoms with Gasteiger partial charge in [-0.15, -0.1) is 11.8 Å². The van der Waals surface area contributed by atoms with E-state index in [0.717, 1.165) is 0 Å². The largest absolute Gasteiger partial charge is 0.324 e. The average molecular weight is 264 g/mol. The van der Waals surface area contributed by atoms with Crippen LogP contribution in [0.25, 0.3) is 11.1 Å². The lowest BCUT2D eigenvalue weighted by Crippen LogP contribution is -2.33. The highest BCUT2D eigenvalue weighted by molar-refractivity contribution is 7.98. The predicted molar refractivity (Wildman–Crippen MR) is 72.6 cm³/mol. The Morgan fingerprint density at radius 1 is 1.22 bits per heavy atom. The van der Waals surface area contributed by atoms with E-state index in [0.29, 0.717) is 0 Å². The van der Waals surface area contributed by atoms with Gasteiger partial charge in [0.05, 0.1) is 0 Å². The van der Waals surface area contributed by atoms with Crippen molar-refractivity contribution in [2.45, 2.75) is 24.8 Å². The summed E-state index contributed by atoms with van der Waals surface area (Å²) in [4.78, 5) is 24.3. The molecule has 3 rings (SSSR count). The molecule has 1 fully saturated rings. The molecule has 0 atom stereocenters. The summed E-state index contributed by atoms with van der Waals surface area (Å²) in [5, 5.41) is 2.20. The van der Waals surface area contributed by atoms with Crippen LogP contribution in [0.15, 0.2) is 23.1 Å². The van der Waals surface area contributed by atoms with E-state index in [1.54, 1.807) is 0 Å². The van der Waals surface area contributed by atoms with Crippen LogP contribution in [0, 0.1) is 0 Å². The number of fused-ring (bicyclic) bond motifs is 1. The molecule has 18 heavy (non-hydrogen) atoms. The van der Waals surface area contributed by atoms with Gasteiger partial charge in [0.1, 0.15) is 6.54 Å². The highest BCUT2D eigenvalue weighted by Crippen LogP contribution is 2.39. The van der Waals surface area contributed by atoms with Crippen molar-refractivity contribution in [3.8, 4) is 11.1 Å². The van der Waals surface area contributed by atoms with E-state index in [1.165, 1.54) is 20.9 Å². The van der Waals surface area contributed by atoms with Crippen LogP contribution in [0.3, 0.4) is 0 Å². The number of carbonyl (C=O) groups excluding carboxylic acids is 2.